The number of hydrogen-bond donors (Lipinski definition) is 2. The maximum absolute atomic E-state index is 11.4. The number of nitro groups is 1. The summed E-state index contributed by atoms with van der Waals surface area (Å²) in [6, 6.07) is 14.1. The van der Waals surface area contributed by atoms with Gasteiger partial charge in [-0.3, -0.25) is 10.1 Å². The minimum atomic E-state index is -0.344. The summed E-state index contributed by atoms with van der Waals surface area (Å²) >= 11 is 0. The monoisotopic (exact) mass is 385 g/mol. The molecule has 150 valence electrons. The van der Waals surface area contributed by atoms with Crippen LogP contribution in [0.25, 0.3) is 0 Å². The van der Waals surface area contributed by atoms with E-state index in [9.17, 15) is 10.1 Å². The lowest BCUT2D eigenvalue weighted by atomic mass is 10.1. The number of anilines is 2. The maximum atomic E-state index is 11.4. The van der Waals surface area contributed by atoms with Crippen molar-refractivity contribution in [2.75, 3.05) is 36.5 Å². The number of hydrogen-bond acceptors (Lipinski definition) is 5. The molecule has 7 heteroatoms. The van der Waals surface area contributed by atoms with Crippen molar-refractivity contribution in [3.05, 3.63) is 58.1 Å². The van der Waals surface area contributed by atoms with Gasteiger partial charge >= 0.3 is 0 Å². The van der Waals surface area contributed by atoms with Gasteiger partial charge in [0.15, 0.2) is 0 Å². The van der Waals surface area contributed by atoms with Crippen LogP contribution in [0.4, 0.5) is 17.1 Å². The van der Waals surface area contributed by atoms with Crippen molar-refractivity contribution >= 4 is 17.1 Å². The van der Waals surface area contributed by atoms with Crippen LogP contribution in [0.15, 0.2) is 42.5 Å². The van der Waals surface area contributed by atoms with Crippen molar-refractivity contribution in [1.82, 2.24) is 0 Å². The van der Waals surface area contributed by atoms with Crippen LogP contribution in [-0.2, 0) is 0 Å². The second-order valence-electron chi connectivity index (χ2n) is 7.55. The van der Waals surface area contributed by atoms with E-state index in [0.29, 0.717) is 30.9 Å². The Hall–Kier alpha value is -2.80. The quantitative estimate of drug-likeness (QED) is 0.435. The topological polar surface area (TPSA) is 84.2 Å². The van der Waals surface area contributed by atoms with E-state index in [4.69, 9.17) is 4.74 Å². The fraction of sp³-hybridized carbons (Fsp3) is 0.429. The first-order valence-corrected chi connectivity index (χ1v) is 9.74. The molecule has 0 radical (unpaired) electrons. The Kier molecular flexibility index (Phi) is 6.36. The Morgan fingerprint density at radius 2 is 1.93 bits per heavy atom. The number of nitrogens with zero attached hydrogens (tertiary/aromatic N) is 2. The highest BCUT2D eigenvalue weighted by atomic mass is 16.6. The summed E-state index contributed by atoms with van der Waals surface area (Å²) in [4.78, 5) is 13.4. The van der Waals surface area contributed by atoms with E-state index in [2.05, 4.69) is 29.4 Å². The van der Waals surface area contributed by atoms with Gasteiger partial charge in [0.2, 0.25) is 0 Å². The van der Waals surface area contributed by atoms with Crippen molar-refractivity contribution in [3.63, 3.8) is 0 Å². The van der Waals surface area contributed by atoms with E-state index >= 15 is 0 Å². The van der Waals surface area contributed by atoms with Crippen molar-refractivity contribution in [2.45, 2.75) is 32.9 Å². The number of nitro benzene ring substituents is 1. The normalized spacial score (nSPS) is 19.3. The summed E-state index contributed by atoms with van der Waals surface area (Å²) in [5.41, 5.74) is 2.70. The number of aryl methyl sites for hydroxylation is 1. The molecule has 1 aliphatic rings. The van der Waals surface area contributed by atoms with Gasteiger partial charge in [-0.15, -0.1) is 0 Å². The highest BCUT2D eigenvalue weighted by molar-refractivity contribution is 5.69. The van der Waals surface area contributed by atoms with Crippen LogP contribution in [0.2, 0.25) is 0 Å². The number of ether oxygens (including phenoxy) is 1. The molecule has 28 heavy (non-hydrogen) atoms. The number of nitrogens with one attached hydrogen (secondary N) is 1. The predicted octanol–water partition coefficient (Wildman–Crippen LogP) is 2.55. The molecule has 0 unspecified atom stereocenters. The molecule has 0 aromatic heterocycles. The van der Waals surface area contributed by atoms with Crippen LogP contribution in [0.3, 0.4) is 0 Å². The molecule has 1 aliphatic heterocycles. The van der Waals surface area contributed by atoms with Crippen LogP contribution in [0.5, 0.6) is 5.75 Å². The molecule has 3 rings (SSSR count). The Morgan fingerprint density at radius 3 is 2.61 bits per heavy atom. The number of quaternary nitrogens is 1. The molecule has 1 saturated heterocycles. The highest BCUT2D eigenvalue weighted by Crippen LogP contribution is 2.30. The Bertz CT molecular complexity index is 817. The first-order chi connectivity index (χ1) is 13.4. The Balaban J connectivity index is 1.68. The van der Waals surface area contributed by atoms with Crippen LogP contribution in [0.1, 0.15) is 19.4 Å². The fourth-order valence-electron chi connectivity index (χ4n) is 3.75. The first-order valence-electron chi connectivity index (χ1n) is 9.74. The Labute approximate surface area is 165 Å². The second-order valence-corrected chi connectivity index (χ2v) is 7.55. The number of nitrogens with two attached hydrogens (primary N) is 1. The minimum absolute atomic E-state index is 0.0873. The lowest BCUT2D eigenvalue weighted by Gasteiger charge is -2.35. The summed E-state index contributed by atoms with van der Waals surface area (Å²) in [6.45, 7) is 9.18. The molecule has 2 atom stereocenters. The van der Waals surface area contributed by atoms with Gasteiger partial charge in [0.05, 0.1) is 18.0 Å². The SMILES string of the molecule is Cc1ccccc1OCCNc1cc(N2C[C@@H](C)[NH2+][C@H](C)C2)ccc1[N+](=O)[O-]. The van der Waals surface area contributed by atoms with Gasteiger partial charge in [-0.2, -0.15) is 0 Å². The molecule has 0 amide bonds. The summed E-state index contributed by atoms with van der Waals surface area (Å²) in [6.07, 6.45) is 0. The van der Waals surface area contributed by atoms with E-state index in [1.165, 1.54) is 0 Å². The highest BCUT2D eigenvalue weighted by Gasteiger charge is 2.26. The largest absolute Gasteiger partial charge is 0.491 e. The number of para-hydroxylation sites is 1. The lowest BCUT2D eigenvalue weighted by Crippen LogP contribution is -2.99. The number of piperazine rings is 1. The van der Waals surface area contributed by atoms with E-state index in [-0.39, 0.29) is 10.6 Å². The zero-order valence-electron chi connectivity index (χ0n) is 16.7. The predicted molar refractivity (Wildman–Crippen MR) is 111 cm³/mol. The van der Waals surface area contributed by atoms with Gasteiger partial charge in [-0.25, -0.2) is 0 Å². The molecule has 0 aliphatic carbocycles. The second kappa shape index (κ2) is 8.93. The molecular weight excluding hydrogens is 356 g/mol. The molecular formula is C21H29N4O3+. The first kappa shape index (κ1) is 19.9. The van der Waals surface area contributed by atoms with Crippen molar-refractivity contribution in [3.8, 4) is 5.75 Å². The van der Waals surface area contributed by atoms with E-state index in [1.807, 2.05) is 43.3 Å². The third kappa shape index (κ3) is 4.92. The standard InChI is InChI=1S/C21H28N4O3/c1-15-6-4-5-7-21(15)28-11-10-22-19-12-18(8-9-20(19)25(26)27)24-13-16(2)23-17(3)14-24/h4-9,12,16-17,22-23H,10-11,13-14H2,1-3H3/p+1/t16-,17-/m1/s1. The molecule has 3 N–H and O–H groups in total. The molecule has 0 saturated carbocycles. The molecule has 0 bridgehead atoms. The average Bonchev–Trinajstić information content (AvgIpc) is 2.65. The Morgan fingerprint density at radius 1 is 1.21 bits per heavy atom. The van der Waals surface area contributed by atoms with E-state index in [0.717, 1.165) is 30.1 Å². The smallest absolute Gasteiger partial charge is 0.292 e. The van der Waals surface area contributed by atoms with Gasteiger partial charge < -0.3 is 20.3 Å². The van der Waals surface area contributed by atoms with Crippen LogP contribution in [-0.4, -0.2) is 43.2 Å². The lowest BCUT2D eigenvalue weighted by molar-refractivity contribution is -0.716. The third-order valence-corrected chi connectivity index (χ3v) is 4.98. The van der Waals surface area contributed by atoms with Crippen molar-refractivity contribution < 1.29 is 15.0 Å². The molecule has 1 fully saturated rings. The van der Waals surface area contributed by atoms with Crippen molar-refractivity contribution in [2.24, 2.45) is 0 Å². The summed E-state index contributed by atoms with van der Waals surface area (Å²) in [5.74, 6) is 0.833. The zero-order valence-corrected chi connectivity index (χ0v) is 16.7. The van der Waals surface area contributed by atoms with Gasteiger partial charge in [-0.1, -0.05) is 18.2 Å². The van der Waals surface area contributed by atoms with Gasteiger partial charge in [0.25, 0.3) is 5.69 Å². The zero-order chi connectivity index (χ0) is 20.1. The number of rotatable bonds is 7. The summed E-state index contributed by atoms with van der Waals surface area (Å²) in [5, 5.41) is 17.0. The van der Waals surface area contributed by atoms with Gasteiger partial charge in [0, 0.05) is 18.3 Å². The molecule has 2 aromatic rings. The summed E-state index contributed by atoms with van der Waals surface area (Å²) < 4.78 is 5.79. The molecule has 2 aromatic carbocycles. The minimum Gasteiger partial charge on any atom is -0.491 e. The molecule has 1 heterocycles. The van der Waals surface area contributed by atoms with E-state index in [1.54, 1.807) is 6.07 Å². The number of benzene rings is 2. The maximum Gasteiger partial charge on any atom is 0.292 e. The fourth-order valence-corrected chi connectivity index (χ4v) is 3.75. The van der Waals surface area contributed by atoms with E-state index < -0.39 is 0 Å². The molecule has 7 nitrogen and oxygen atoms in total. The third-order valence-electron chi connectivity index (χ3n) is 4.98. The molecule has 0 spiro atoms. The average molecular weight is 385 g/mol. The van der Waals surface area contributed by atoms with Crippen LogP contribution < -0.4 is 20.3 Å². The van der Waals surface area contributed by atoms with Crippen molar-refractivity contribution in [1.29, 1.82) is 0 Å². The van der Waals surface area contributed by atoms with Crippen LogP contribution in [0, 0.1) is 17.0 Å². The van der Waals surface area contributed by atoms with Crippen LogP contribution >= 0.6 is 0 Å². The summed E-state index contributed by atoms with van der Waals surface area (Å²) in [7, 11) is 0. The van der Waals surface area contributed by atoms with Gasteiger partial charge in [-0.05, 0) is 44.5 Å². The van der Waals surface area contributed by atoms with Gasteiger partial charge in [0.1, 0.15) is 30.1 Å².